The number of hydrogen-bond acceptors (Lipinski definition) is 6. The Morgan fingerprint density at radius 2 is 2.12 bits per heavy atom. The molecule has 1 aromatic heterocycles. The van der Waals surface area contributed by atoms with E-state index in [0.717, 1.165) is 48.9 Å². The Morgan fingerprint density at radius 1 is 1.30 bits per heavy atom. The highest BCUT2D eigenvalue weighted by Crippen LogP contribution is 2.44. The summed E-state index contributed by atoms with van der Waals surface area (Å²) in [4.78, 5) is 13.1. The standard InChI is InChI=1S/C22H29N5O5S/c1-30-10-15-7-6-14-8-13-4-3-5-17(13)20(19(14)15)25-22(28)26-33(23,29)18-9-24-27-16(11-31-2)12-32-21(18)27/h8-9,15-16H,3-7,10-12H2,1-2H3,(H3,23,25,26,28,29)/t15-,16-,33?/m1/s1. The number of hydrogen-bond donors (Lipinski definition) is 2. The van der Waals surface area contributed by atoms with Crippen LogP contribution in [0.2, 0.25) is 0 Å². The Morgan fingerprint density at radius 3 is 2.91 bits per heavy atom. The van der Waals surface area contributed by atoms with Crippen LogP contribution in [0.5, 0.6) is 5.88 Å². The fourth-order valence-corrected chi connectivity index (χ4v) is 6.26. The molecule has 10 nitrogen and oxygen atoms in total. The molecule has 3 aliphatic rings. The molecule has 2 aromatic rings. The van der Waals surface area contributed by atoms with Gasteiger partial charge in [-0.1, -0.05) is 6.07 Å². The van der Waals surface area contributed by atoms with Crippen LogP contribution in [0.15, 0.2) is 21.5 Å². The average molecular weight is 476 g/mol. The molecule has 0 radical (unpaired) electrons. The van der Waals surface area contributed by atoms with Crippen LogP contribution < -0.4 is 15.2 Å². The molecule has 0 saturated heterocycles. The normalized spacial score (nSPS) is 22.3. The van der Waals surface area contributed by atoms with Crippen LogP contribution in [0.25, 0.3) is 0 Å². The molecule has 33 heavy (non-hydrogen) atoms. The van der Waals surface area contributed by atoms with Crippen molar-refractivity contribution in [2.75, 3.05) is 39.4 Å². The molecule has 178 valence electrons. The van der Waals surface area contributed by atoms with Gasteiger partial charge in [0.25, 0.3) is 0 Å². The predicted molar refractivity (Wildman–Crippen MR) is 122 cm³/mol. The molecule has 1 aromatic carbocycles. The number of methoxy groups -OCH3 is 2. The molecule has 5 rings (SSSR count). The maximum Gasteiger partial charge on any atom is 0.354 e. The number of nitrogens with zero attached hydrogens (tertiary/aromatic N) is 3. The summed E-state index contributed by atoms with van der Waals surface area (Å²) in [5.41, 5.74) is 5.55. The van der Waals surface area contributed by atoms with E-state index in [1.165, 1.54) is 17.3 Å². The number of carbonyl (C=O) groups excluding carboxylic acids is 1. The van der Waals surface area contributed by atoms with E-state index in [0.29, 0.717) is 19.8 Å². The summed E-state index contributed by atoms with van der Waals surface area (Å²) < 4.78 is 35.0. The molecule has 0 spiro atoms. The summed E-state index contributed by atoms with van der Waals surface area (Å²) in [5.74, 6) is 0.473. The highest BCUT2D eigenvalue weighted by atomic mass is 32.2. The largest absolute Gasteiger partial charge is 0.475 e. The van der Waals surface area contributed by atoms with E-state index in [1.807, 2.05) is 0 Å². The second kappa shape index (κ2) is 8.71. The van der Waals surface area contributed by atoms with E-state index in [9.17, 15) is 9.00 Å². The first-order valence-corrected chi connectivity index (χ1v) is 12.7. The van der Waals surface area contributed by atoms with Crippen LogP contribution in [-0.4, -0.2) is 54.1 Å². The van der Waals surface area contributed by atoms with E-state index in [4.69, 9.17) is 19.3 Å². The second-order valence-corrected chi connectivity index (χ2v) is 10.5. The molecule has 0 bridgehead atoms. The van der Waals surface area contributed by atoms with Gasteiger partial charge in [0.05, 0.1) is 19.4 Å². The van der Waals surface area contributed by atoms with Crippen molar-refractivity contribution in [1.82, 2.24) is 9.78 Å². The van der Waals surface area contributed by atoms with Crippen LogP contribution >= 0.6 is 0 Å². The number of fused-ring (bicyclic) bond motifs is 3. The number of amides is 2. The van der Waals surface area contributed by atoms with Gasteiger partial charge in [0, 0.05) is 25.8 Å². The van der Waals surface area contributed by atoms with Gasteiger partial charge < -0.3 is 19.5 Å². The van der Waals surface area contributed by atoms with E-state index in [2.05, 4.69) is 20.8 Å². The Hall–Kier alpha value is -2.47. The first-order chi connectivity index (χ1) is 15.9. The summed E-state index contributed by atoms with van der Waals surface area (Å²) in [5, 5.41) is 13.2. The molecule has 2 heterocycles. The number of urea groups is 1. The number of rotatable bonds is 6. The van der Waals surface area contributed by atoms with Crippen LogP contribution in [0.4, 0.5) is 10.5 Å². The van der Waals surface area contributed by atoms with Crippen molar-refractivity contribution >= 4 is 21.6 Å². The molecule has 3 N–H and O–H groups in total. The number of benzene rings is 1. The van der Waals surface area contributed by atoms with Crippen LogP contribution in [0.1, 0.15) is 47.1 Å². The molecule has 3 atom stereocenters. The quantitative estimate of drug-likeness (QED) is 0.660. The number of ether oxygens (including phenoxy) is 3. The fourth-order valence-electron chi connectivity index (χ4n) is 5.27. The number of aryl methyl sites for hydroxylation is 2. The van der Waals surface area contributed by atoms with Crippen LogP contribution in [0, 0.1) is 0 Å². The van der Waals surface area contributed by atoms with Gasteiger partial charge in [-0.3, -0.25) is 0 Å². The van der Waals surface area contributed by atoms with Crippen molar-refractivity contribution in [2.45, 2.75) is 49.0 Å². The minimum Gasteiger partial charge on any atom is -0.475 e. The summed E-state index contributed by atoms with van der Waals surface area (Å²) in [6, 6.07) is 1.39. The van der Waals surface area contributed by atoms with Crippen molar-refractivity contribution in [3.63, 3.8) is 0 Å². The maximum absolute atomic E-state index is 13.3. The fraction of sp³-hybridized carbons (Fsp3) is 0.545. The summed E-state index contributed by atoms with van der Waals surface area (Å²) in [7, 11) is -0.290. The van der Waals surface area contributed by atoms with Crippen molar-refractivity contribution in [3.8, 4) is 5.88 Å². The lowest BCUT2D eigenvalue weighted by Crippen LogP contribution is -2.19. The summed E-state index contributed by atoms with van der Waals surface area (Å²) in [6.45, 7) is 1.31. The van der Waals surface area contributed by atoms with Gasteiger partial charge in [-0.25, -0.2) is 18.8 Å². The molecule has 0 saturated carbocycles. The third kappa shape index (κ3) is 3.92. The molecular formula is C22H29N5O5S. The minimum absolute atomic E-state index is 0.108. The van der Waals surface area contributed by atoms with Crippen molar-refractivity contribution < 1.29 is 23.2 Å². The van der Waals surface area contributed by atoms with Gasteiger partial charge in [-0.05, 0) is 54.4 Å². The second-order valence-electron chi connectivity index (χ2n) is 8.78. The lowest BCUT2D eigenvalue weighted by Gasteiger charge is -2.19. The minimum atomic E-state index is -3.56. The number of nitrogens with two attached hydrogens (primary N) is 1. The van der Waals surface area contributed by atoms with E-state index >= 15 is 0 Å². The Balaban J connectivity index is 1.47. The Bertz CT molecular complexity index is 1220. The number of carbonyl (C=O) groups is 1. The molecule has 1 aliphatic heterocycles. The Kier molecular flexibility index (Phi) is 5.89. The number of nitrogens with one attached hydrogen (secondary N) is 1. The highest BCUT2D eigenvalue weighted by molar-refractivity contribution is 7.91. The van der Waals surface area contributed by atoms with Gasteiger partial charge >= 0.3 is 6.03 Å². The monoisotopic (exact) mass is 475 g/mol. The van der Waals surface area contributed by atoms with Gasteiger partial charge in [0.2, 0.25) is 5.88 Å². The zero-order chi connectivity index (χ0) is 23.2. The van der Waals surface area contributed by atoms with Crippen molar-refractivity contribution in [3.05, 3.63) is 34.5 Å². The third-order valence-corrected chi connectivity index (χ3v) is 8.01. The van der Waals surface area contributed by atoms with E-state index in [1.54, 1.807) is 18.9 Å². The third-order valence-electron chi connectivity index (χ3n) is 6.67. The van der Waals surface area contributed by atoms with E-state index < -0.39 is 15.9 Å². The lowest BCUT2D eigenvalue weighted by molar-refractivity contribution is 0.145. The molecular weight excluding hydrogens is 446 g/mol. The van der Waals surface area contributed by atoms with Gasteiger partial charge in [-0.2, -0.15) is 5.10 Å². The maximum atomic E-state index is 13.3. The first kappa shape index (κ1) is 22.3. The zero-order valence-electron chi connectivity index (χ0n) is 18.8. The molecule has 11 heteroatoms. The van der Waals surface area contributed by atoms with Crippen molar-refractivity contribution in [1.29, 1.82) is 0 Å². The topological polar surface area (TPSA) is 130 Å². The molecule has 2 amide bonds. The Labute approximate surface area is 193 Å². The molecule has 1 unspecified atom stereocenters. The average Bonchev–Trinajstić information content (AvgIpc) is 3.53. The summed E-state index contributed by atoms with van der Waals surface area (Å²) >= 11 is 0. The van der Waals surface area contributed by atoms with Crippen LogP contribution in [0.3, 0.4) is 0 Å². The van der Waals surface area contributed by atoms with Gasteiger partial charge in [0.1, 0.15) is 17.5 Å². The smallest absolute Gasteiger partial charge is 0.354 e. The molecule has 2 aliphatic carbocycles. The number of anilines is 1. The highest BCUT2D eigenvalue weighted by Gasteiger charge is 2.33. The SMILES string of the molecule is COC[C@H]1CCc2cc3c(c(NC(=O)N=S(N)(=O)c4cnn5c4OC[C@H]5COC)c21)CCC3. The molecule has 0 fully saturated rings. The van der Waals surface area contributed by atoms with Gasteiger partial charge in [0.15, 0.2) is 9.92 Å². The number of aromatic nitrogens is 2. The van der Waals surface area contributed by atoms with E-state index in [-0.39, 0.29) is 22.7 Å². The first-order valence-electron chi connectivity index (χ1n) is 11.1. The lowest BCUT2D eigenvalue weighted by atomic mass is 9.94. The summed E-state index contributed by atoms with van der Waals surface area (Å²) in [6.07, 6.45) is 6.20. The van der Waals surface area contributed by atoms with Gasteiger partial charge in [-0.15, -0.1) is 4.36 Å². The predicted octanol–water partition coefficient (Wildman–Crippen LogP) is 2.56. The van der Waals surface area contributed by atoms with Crippen molar-refractivity contribution in [2.24, 2.45) is 9.50 Å². The zero-order valence-corrected chi connectivity index (χ0v) is 19.7. The van der Waals surface area contributed by atoms with Crippen LogP contribution in [-0.2, 0) is 38.7 Å².